The number of carboxylic acid groups (broad SMARTS) is 1. The maximum atomic E-state index is 12.1. The van der Waals surface area contributed by atoms with Crippen molar-refractivity contribution in [3.63, 3.8) is 0 Å². The summed E-state index contributed by atoms with van der Waals surface area (Å²) in [4.78, 5) is 22.2. The molecule has 0 spiro atoms. The van der Waals surface area contributed by atoms with Gasteiger partial charge in [-0.15, -0.1) is 0 Å². The Morgan fingerprint density at radius 2 is 1.95 bits per heavy atom. The number of carbonyl (C=O) groups is 2. The van der Waals surface area contributed by atoms with Crippen LogP contribution in [-0.4, -0.2) is 28.6 Å². The van der Waals surface area contributed by atoms with Crippen molar-refractivity contribution in [3.05, 3.63) is 29.3 Å². The van der Waals surface area contributed by atoms with Crippen molar-refractivity contribution in [2.45, 2.75) is 26.1 Å². The van der Waals surface area contributed by atoms with Crippen LogP contribution in [0.5, 0.6) is 5.75 Å². The summed E-state index contributed by atoms with van der Waals surface area (Å²) in [5.74, 6) is -2.30. The van der Waals surface area contributed by atoms with Crippen LogP contribution in [0.2, 0.25) is 0 Å². The van der Waals surface area contributed by atoms with Crippen LogP contribution in [0, 0.1) is 0 Å². The van der Waals surface area contributed by atoms with E-state index in [1.54, 1.807) is 6.92 Å². The zero-order valence-electron chi connectivity index (χ0n) is 9.97. The summed E-state index contributed by atoms with van der Waals surface area (Å²) in [5, 5.41) is 18.1. The highest BCUT2D eigenvalue weighted by atomic mass is 19.3. The number of hydrogen-bond donors (Lipinski definition) is 2. The molecule has 1 unspecified atom stereocenters. The van der Waals surface area contributed by atoms with Crippen molar-refractivity contribution in [3.8, 4) is 5.75 Å². The van der Waals surface area contributed by atoms with Gasteiger partial charge in [-0.05, 0) is 23.8 Å². The van der Waals surface area contributed by atoms with Gasteiger partial charge in [0.15, 0.2) is 11.9 Å². The zero-order valence-corrected chi connectivity index (χ0v) is 9.97. The maximum absolute atomic E-state index is 12.1. The number of halogens is 2. The molecule has 0 fully saturated rings. The van der Waals surface area contributed by atoms with Crippen LogP contribution in [-0.2, 0) is 4.79 Å². The van der Waals surface area contributed by atoms with Crippen molar-refractivity contribution >= 4 is 11.8 Å². The molecule has 7 heteroatoms. The fraction of sp³-hybridized carbons (Fsp3) is 0.333. The van der Waals surface area contributed by atoms with Crippen molar-refractivity contribution in [1.29, 1.82) is 0 Å². The van der Waals surface area contributed by atoms with Crippen LogP contribution < -0.4 is 4.74 Å². The molecule has 0 amide bonds. The number of carboxylic acids is 1. The van der Waals surface area contributed by atoms with Gasteiger partial charge in [-0.1, -0.05) is 6.92 Å². The standard InChI is InChI=1S/C12H12F2O5/c1-2-9(15)6-3-7(10(16)11(17)18)5-8(4-6)19-12(13)14/h3-5,10,12,16H,2H2,1H3,(H,17,18). The number of ether oxygens (including phenoxy) is 1. The molecule has 0 aliphatic rings. The van der Waals surface area contributed by atoms with Crippen LogP contribution in [0.25, 0.3) is 0 Å². The van der Waals surface area contributed by atoms with Gasteiger partial charge in [0.2, 0.25) is 0 Å². The molecule has 0 heterocycles. The fourth-order valence-electron chi connectivity index (χ4n) is 1.46. The van der Waals surface area contributed by atoms with E-state index in [0.717, 1.165) is 18.2 Å². The van der Waals surface area contributed by atoms with Gasteiger partial charge < -0.3 is 14.9 Å². The third-order valence-corrected chi connectivity index (χ3v) is 2.35. The molecule has 19 heavy (non-hydrogen) atoms. The van der Waals surface area contributed by atoms with E-state index in [4.69, 9.17) is 5.11 Å². The second-order valence-corrected chi connectivity index (χ2v) is 3.69. The maximum Gasteiger partial charge on any atom is 0.387 e. The van der Waals surface area contributed by atoms with Crippen molar-refractivity contribution in [1.82, 2.24) is 0 Å². The Bertz CT molecular complexity index is 487. The molecule has 0 aromatic heterocycles. The van der Waals surface area contributed by atoms with Gasteiger partial charge >= 0.3 is 12.6 Å². The number of aliphatic hydroxyl groups is 1. The molecule has 0 radical (unpaired) electrons. The lowest BCUT2D eigenvalue weighted by Crippen LogP contribution is -2.12. The molecule has 1 atom stereocenters. The van der Waals surface area contributed by atoms with Gasteiger partial charge in [-0.2, -0.15) is 8.78 Å². The lowest BCUT2D eigenvalue weighted by atomic mass is 10.0. The second-order valence-electron chi connectivity index (χ2n) is 3.69. The number of rotatable bonds is 6. The molecule has 2 N–H and O–H groups in total. The summed E-state index contributed by atoms with van der Waals surface area (Å²) in [6, 6.07) is 3.18. The molecule has 1 aromatic carbocycles. The SMILES string of the molecule is CCC(=O)c1cc(OC(F)F)cc(C(O)C(=O)O)c1. The zero-order chi connectivity index (χ0) is 14.6. The Balaban J connectivity index is 3.23. The Hall–Kier alpha value is -2.02. The lowest BCUT2D eigenvalue weighted by molar-refractivity contribution is -0.146. The highest BCUT2D eigenvalue weighted by molar-refractivity contribution is 5.96. The first-order valence-electron chi connectivity index (χ1n) is 5.39. The Kier molecular flexibility index (Phi) is 4.94. The fourth-order valence-corrected chi connectivity index (χ4v) is 1.46. The Labute approximate surface area is 107 Å². The van der Waals surface area contributed by atoms with Gasteiger partial charge in [0.1, 0.15) is 5.75 Å². The average Bonchev–Trinajstić information content (AvgIpc) is 2.35. The van der Waals surface area contributed by atoms with Crippen molar-refractivity contribution in [2.75, 3.05) is 0 Å². The summed E-state index contributed by atoms with van der Waals surface area (Å²) in [5.41, 5.74) is -0.182. The van der Waals surface area contributed by atoms with Crippen molar-refractivity contribution in [2.24, 2.45) is 0 Å². The monoisotopic (exact) mass is 274 g/mol. The summed E-state index contributed by atoms with van der Waals surface area (Å²) in [6.45, 7) is -1.54. The number of aliphatic carboxylic acids is 1. The first kappa shape index (κ1) is 15.0. The topological polar surface area (TPSA) is 83.8 Å². The second kappa shape index (κ2) is 6.24. The minimum absolute atomic E-state index is 0.0101. The number of hydrogen-bond acceptors (Lipinski definition) is 4. The predicted molar refractivity (Wildman–Crippen MR) is 60.3 cm³/mol. The molecule has 5 nitrogen and oxygen atoms in total. The highest BCUT2D eigenvalue weighted by Crippen LogP contribution is 2.24. The summed E-state index contributed by atoms with van der Waals surface area (Å²) >= 11 is 0. The average molecular weight is 274 g/mol. The lowest BCUT2D eigenvalue weighted by Gasteiger charge is -2.11. The minimum Gasteiger partial charge on any atom is -0.479 e. The molecular weight excluding hydrogens is 262 g/mol. The summed E-state index contributed by atoms with van der Waals surface area (Å²) < 4.78 is 28.4. The van der Waals surface area contributed by atoms with Gasteiger partial charge in [-0.3, -0.25) is 4.79 Å². The number of Topliss-reactive ketones (excluding diaryl/α,β-unsaturated/α-hetero) is 1. The van der Waals surface area contributed by atoms with Gasteiger partial charge in [0, 0.05) is 12.0 Å². The highest BCUT2D eigenvalue weighted by Gasteiger charge is 2.20. The molecular formula is C12H12F2O5. The Morgan fingerprint density at radius 1 is 1.32 bits per heavy atom. The molecule has 0 aliphatic heterocycles. The van der Waals surface area contributed by atoms with Gasteiger partial charge in [0.05, 0.1) is 0 Å². The van der Waals surface area contributed by atoms with Crippen LogP contribution in [0.15, 0.2) is 18.2 Å². The van der Waals surface area contributed by atoms with E-state index in [-0.39, 0.29) is 29.1 Å². The van der Waals surface area contributed by atoms with E-state index in [0.29, 0.717) is 0 Å². The number of alkyl halides is 2. The number of benzene rings is 1. The molecule has 104 valence electrons. The normalized spacial score (nSPS) is 12.3. The van der Waals surface area contributed by atoms with E-state index < -0.39 is 18.7 Å². The van der Waals surface area contributed by atoms with E-state index in [9.17, 15) is 23.5 Å². The smallest absolute Gasteiger partial charge is 0.387 e. The largest absolute Gasteiger partial charge is 0.479 e. The van der Waals surface area contributed by atoms with E-state index in [1.165, 1.54) is 0 Å². The molecule has 0 saturated heterocycles. The molecule has 0 saturated carbocycles. The Morgan fingerprint density at radius 3 is 2.42 bits per heavy atom. The van der Waals surface area contributed by atoms with Gasteiger partial charge in [0.25, 0.3) is 0 Å². The molecule has 1 aromatic rings. The van der Waals surface area contributed by atoms with Gasteiger partial charge in [-0.25, -0.2) is 4.79 Å². The third-order valence-electron chi connectivity index (χ3n) is 2.35. The van der Waals surface area contributed by atoms with Crippen molar-refractivity contribution < 1.29 is 33.3 Å². The van der Waals surface area contributed by atoms with Crippen LogP contribution in [0.4, 0.5) is 8.78 Å². The first-order chi connectivity index (χ1) is 8.85. The van der Waals surface area contributed by atoms with E-state index in [2.05, 4.69) is 4.74 Å². The minimum atomic E-state index is -3.11. The van der Waals surface area contributed by atoms with Crippen LogP contribution in [0.1, 0.15) is 35.4 Å². The number of aliphatic hydroxyl groups excluding tert-OH is 1. The summed E-state index contributed by atoms with van der Waals surface area (Å²) in [7, 11) is 0. The van der Waals surface area contributed by atoms with Crippen LogP contribution >= 0.6 is 0 Å². The number of ketones is 1. The predicted octanol–water partition coefficient (Wildman–Crippen LogP) is 2.00. The van der Waals surface area contributed by atoms with E-state index in [1.807, 2.05) is 0 Å². The quantitative estimate of drug-likeness (QED) is 0.775. The molecule has 0 aliphatic carbocycles. The molecule has 0 bridgehead atoms. The third kappa shape index (κ3) is 3.99. The molecule has 1 rings (SSSR count). The number of carbonyl (C=O) groups excluding carboxylic acids is 1. The van der Waals surface area contributed by atoms with Crippen LogP contribution in [0.3, 0.4) is 0 Å². The summed E-state index contributed by atoms with van der Waals surface area (Å²) in [6.07, 6.45) is -1.80. The first-order valence-corrected chi connectivity index (χ1v) is 5.39. The van der Waals surface area contributed by atoms with E-state index >= 15 is 0 Å².